The first kappa shape index (κ1) is 30.6. The van der Waals surface area contributed by atoms with Crippen molar-refractivity contribution in [3.05, 3.63) is 113 Å². The van der Waals surface area contributed by atoms with Gasteiger partial charge in [0.15, 0.2) is 28.8 Å². The maximum absolute atomic E-state index is 14.9. The van der Waals surface area contributed by atoms with Gasteiger partial charge in [0.2, 0.25) is 5.75 Å². The highest BCUT2D eigenvalue weighted by molar-refractivity contribution is 6.12. The van der Waals surface area contributed by atoms with Crippen LogP contribution in [0.4, 0.5) is 11.4 Å². The van der Waals surface area contributed by atoms with E-state index in [0.29, 0.717) is 69.7 Å². The number of hydrogen-bond acceptors (Lipinski definition) is 8. The van der Waals surface area contributed by atoms with E-state index in [1.165, 1.54) is 21.3 Å². The van der Waals surface area contributed by atoms with Crippen LogP contribution in [0.2, 0.25) is 0 Å². The lowest BCUT2D eigenvalue weighted by atomic mass is 9.78. The number of anilines is 2. The number of methoxy groups -OCH3 is 5. The van der Waals surface area contributed by atoms with Crippen LogP contribution in [0.5, 0.6) is 28.7 Å². The topological polar surface area (TPSA) is 95.6 Å². The van der Waals surface area contributed by atoms with Gasteiger partial charge in [0, 0.05) is 23.3 Å². The van der Waals surface area contributed by atoms with E-state index in [2.05, 4.69) is 17.4 Å². The summed E-state index contributed by atoms with van der Waals surface area (Å²) in [6.45, 7) is 0. The van der Waals surface area contributed by atoms with Crippen LogP contribution in [-0.4, -0.2) is 47.2 Å². The number of hydrogen-bond donors (Lipinski definition) is 1. The number of allylic oxidation sites excluding steroid dienone is 1. The molecule has 6 rings (SSSR count). The van der Waals surface area contributed by atoms with Crippen LogP contribution in [0, 0.1) is 0 Å². The largest absolute Gasteiger partial charge is 0.493 e. The first-order valence-electron chi connectivity index (χ1n) is 14.9. The van der Waals surface area contributed by atoms with Crippen molar-refractivity contribution >= 4 is 23.1 Å². The van der Waals surface area contributed by atoms with E-state index in [9.17, 15) is 9.59 Å². The molecule has 2 unspecified atom stereocenters. The number of carbonyl (C=O) groups is 2. The fraction of sp³-hybridized carbons (Fsp3) is 0.243. The molecule has 1 amide bonds. The Bertz CT molecular complexity index is 1790. The molecule has 0 bridgehead atoms. The molecule has 0 radical (unpaired) electrons. The summed E-state index contributed by atoms with van der Waals surface area (Å²) in [6, 6.07) is 25.6. The molecular formula is C37H36N2O7. The third-order valence-corrected chi connectivity index (χ3v) is 8.61. The molecule has 1 aliphatic heterocycles. The Labute approximate surface area is 268 Å². The standard InChI is InChI=1S/C37H36N2O7/c1-42-30-16-15-23(19-31(30)43-2)35-34-27(17-24(18-29(34)40)22-11-7-6-8-12-22)38-26-13-9-10-14-28(26)39(35)37(41)25-20-32(44-3)36(46-5)33(21-25)45-4/h6-16,19-21,24,35,38H,17-18H2,1-5H3. The van der Waals surface area contributed by atoms with Crippen LogP contribution in [0.3, 0.4) is 0 Å². The summed E-state index contributed by atoms with van der Waals surface area (Å²) in [5, 5.41) is 3.58. The number of amides is 1. The lowest BCUT2D eigenvalue weighted by Crippen LogP contribution is -2.38. The van der Waals surface area contributed by atoms with Crippen molar-refractivity contribution in [3.8, 4) is 28.7 Å². The Kier molecular flexibility index (Phi) is 8.57. The maximum atomic E-state index is 14.9. The minimum absolute atomic E-state index is 0.0180. The summed E-state index contributed by atoms with van der Waals surface area (Å²) in [7, 11) is 7.65. The van der Waals surface area contributed by atoms with E-state index in [0.717, 1.165) is 11.3 Å². The van der Waals surface area contributed by atoms with Crippen LogP contribution < -0.4 is 33.9 Å². The number of ether oxygens (including phenoxy) is 5. The van der Waals surface area contributed by atoms with Crippen molar-refractivity contribution in [3.63, 3.8) is 0 Å². The summed E-state index contributed by atoms with van der Waals surface area (Å²) in [5.41, 5.74) is 4.70. The molecule has 0 spiro atoms. The third kappa shape index (κ3) is 5.38. The van der Waals surface area contributed by atoms with Gasteiger partial charge in [-0.25, -0.2) is 0 Å². The molecule has 2 atom stereocenters. The molecule has 0 saturated carbocycles. The lowest BCUT2D eigenvalue weighted by Gasteiger charge is -2.35. The van der Waals surface area contributed by atoms with E-state index in [4.69, 9.17) is 23.7 Å². The monoisotopic (exact) mass is 620 g/mol. The number of benzene rings is 4. The minimum Gasteiger partial charge on any atom is -0.493 e. The van der Waals surface area contributed by atoms with Crippen molar-refractivity contribution in [2.24, 2.45) is 0 Å². The van der Waals surface area contributed by atoms with Gasteiger partial charge >= 0.3 is 0 Å². The van der Waals surface area contributed by atoms with E-state index in [1.807, 2.05) is 54.6 Å². The molecule has 1 N–H and O–H groups in total. The predicted octanol–water partition coefficient (Wildman–Crippen LogP) is 6.94. The molecular weight excluding hydrogens is 584 g/mol. The number of carbonyl (C=O) groups excluding carboxylic acids is 2. The number of rotatable bonds is 8. The van der Waals surface area contributed by atoms with Crippen molar-refractivity contribution in [1.29, 1.82) is 0 Å². The predicted molar refractivity (Wildman–Crippen MR) is 176 cm³/mol. The summed E-state index contributed by atoms with van der Waals surface area (Å²) in [6.07, 6.45) is 0.895. The Morgan fingerprint density at radius 3 is 2.00 bits per heavy atom. The molecule has 46 heavy (non-hydrogen) atoms. The van der Waals surface area contributed by atoms with Crippen LogP contribution in [0.15, 0.2) is 96.2 Å². The average Bonchev–Trinajstić information content (AvgIpc) is 3.25. The van der Waals surface area contributed by atoms with Gasteiger partial charge in [-0.15, -0.1) is 0 Å². The first-order valence-corrected chi connectivity index (χ1v) is 14.9. The quantitative estimate of drug-likeness (QED) is 0.226. The van der Waals surface area contributed by atoms with Gasteiger partial charge in [-0.3, -0.25) is 14.5 Å². The second-order valence-electron chi connectivity index (χ2n) is 11.1. The molecule has 0 fully saturated rings. The molecule has 9 nitrogen and oxygen atoms in total. The SMILES string of the molecule is COc1ccc(C2C3=C(CC(c4ccccc4)CC3=O)Nc3ccccc3N2C(=O)c2cc(OC)c(OC)c(OC)c2)cc1OC. The Morgan fingerprint density at radius 1 is 0.696 bits per heavy atom. The Hall–Kier alpha value is -5.44. The summed E-state index contributed by atoms with van der Waals surface area (Å²) in [4.78, 5) is 31.0. The van der Waals surface area contributed by atoms with Crippen LogP contribution in [0.1, 0.15) is 46.3 Å². The zero-order valence-electron chi connectivity index (χ0n) is 26.5. The van der Waals surface area contributed by atoms with Gasteiger partial charge in [-0.2, -0.15) is 0 Å². The van der Waals surface area contributed by atoms with E-state index in [1.54, 1.807) is 37.3 Å². The zero-order chi connectivity index (χ0) is 32.4. The molecule has 9 heteroatoms. The smallest absolute Gasteiger partial charge is 0.259 e. The number of ketones is 1. The van der Waals surface area contributed by atoms with Crippen LogP contribution in [0.25, 0.3) is 0 Å². The highest BCUT2D eigenvalue weighted by Gasteiger charge is 2.42. The van der Waals surface area contributed by atoms with E-state index >= 15 is 0 Å². The second-order valence-corrected chi connectivity index (χ2v) is 11.1. The molecule has 2 aliphatic rings. The Balaban J connectivity index is 1.60. The molecule has 4 aromatic rings. The summed E-state index contributed by atoms with van der Waals surface area (Å²) >= 11 is 0. The second kappa shape index (κ2) is 12.9. The van der Waals surface area contributed by atoms with Crippen molar-refractivity contribution in [2.45, 2.75) is 24.8 Å². The average molecular weight is 621 g/mol. The van der Waals surface area contributed by atoms with Gasteiger partial charge in [0.05, 0.1) is 53.0 Å². The Morgan fingerprint density at radius 2 is 1.35 bits per heavy atom. The van der Waals surface area contributed by atoms with Gasteiger partial charge < -0.3 is 29.0 Å². The van der Waals surface area contributed by atoms with Crippen LogP contribution in [-0.2, 0) is 4.79 Å². The minimum atomic E-state index is -0.804. The van der Waals surface area contributed by atoms with E-state index in [-0.39, 0.29) is 17.6 Å². The van der Waals surface area contributed by atoms with Gasteiger partial charge in [-0.1, -0.05) is 48.5 Å². The molecule has 0 saturated heterocycles. The molecule has 236 valence electrons. The highest BCUT2D eigenvalue weighted by Crippen LogP contribution is 2.49. The van der Waals surface area contributed by atoms with Gasteiger partial charge in [0.1, 0.15) is 0 Å². The number of nitrogens with zero attached hydrogens (tertiary/aromatic N) is 1. The molecule has 0 aromatic heterocycles. The zero-order valence-corrected chi connectivity index (χ0v) is 26.5. The maximum Gasteiger partial charge on any atom is 0.259 e. The van der Waals surface area contributed by atoms with Crippen LogP contribution >= 0.6 is 0 Å². The fourth-order valence-corrected chi connectivity index (χ4v) is 6.46. The number of nitrogens with one attached hydrogen (secondary N) is 1. The third-order valence-electron chi connectivity index (χ3n) is 8.61. The lowest BCUT2D eigenvalue weighted by molar-refractivity contribution is -0.116. The van der Waals surface area contributed by atoms with Crippen molar-refractivity contribution in [2.75, 3.05) is 45.8 Å². The molecule has 1 aliphatic carbocycles. The molecule has 1 heterocycles. The normalized spacial score (nSPS) is 17.2. The van der Waals surface area contributed by atoms with Gasteiger partial charge in [0.25, 0.3) is 5.91 Å². The highest BCUT2D eigenvalue weighted by atomic mass is 16.5. The van der Waals surface area contributed by atoms with Gasteiger partial charge in [-0.05, 0) is 59.9 Å². The first-order chi connectivity index (χ1) is 22.4. The number of fused-ring (bicyclic) bond motifs is 1. The number of para-hydroxylation sites is 2. The van der Waals surface area contributed by atoms with Crippen molar-refractivity contribution in [1.82, 2.24) is 0 Å². The number of Topliss-reactive ketones (excluding diaryl/α,β-unsaturated/α-hetero) is 1. The summed E-state index contributed by atoms with van der Waals surface area (Å²) < 4.78 is 27.9. The summed E-state index contributed by atoms with van der Waals surface area (Å²) in [5.74, 6) is 1.65. The van der Waals surface area contributed by atoms with Crippen molar-refractivity contribution < 1.29 is 33.3 Å². The fourth-order valence-electron chi connectivity index (χ4n) is 6.46. The van der Waals surface area contributed by atoms with E-state index < -0.39 is 6.04 Å². The molecule has 4 aromatic carbocycles.